The van der Waals surface area contributed by atoms with E-state index >= 15 is 0 Å². The van der Waals surface area contributed by atoms with Crippen molar-refractivity contribution in [1.82, 2.24) is 0 Å². The van der Waals surface area contributed by atoms with E-state index in [1.54, 1.807) is 0 Å². The Morgan fingerprint density at radius 3 is 2.43 bits per heavy atom. The van der Waals surface area contributed by atoms with Gasteiger partial charge in [-0.1, -0.05) is 51.1 Å². The first kappa shape index (κ1) is 18.7. The molecule has 0 N–H and O–H groups in total. The lowest BCUT2D eigenvalue weighted by molar-refractivity contribution is 0.102. The van der Waals surface area contributed by atoms with Crippen molar-refractivity contribution in [2.75, 3.05) is 13.2 Å². The first-order valence-electron chi connectivity index (χ1n) is 8.57. The number of hydrogen-bond donors (Lipinski definition) is 0. The normalized spacial score (nSPS) is 24.7. The highest BCUT2D eigenvalue weighted by atomic mass is 28.4. The Hall–Kier alpha value is -0.683. The SMILES string of the molecule is CC(C)(C)[Si](C)(C)OC[C@H]1O[C@]1(C)CCOCc1ccccc1. The molecule has 2 rings (SSSR count). The van der Waals surface area contributed by atoms with E-state index in [2.05, 4.69) is 52.9 Å². The number of hydrogen-bond acceptors (Lipinski definition) is 3. The van der Waals surface area contributed by atoms with Gasteiger partial charge in [0.2, 0.25) is 0 Å². The van der Waals surface area contributed by atoms with Gasteiger partial charge < -0.3 is 13.9 Å². The van der Waals surface area contributed by atoms with Gasteiger partial charge in [-0.15, -0.1) is 0 Å². The van der Waals surface area contributed by atoms with Crippen molar-refractivity contribution in [2.24, 2.45) is 0 Å². The molecule has 1 saturated heterocycles. The first-order chi connectivity index (χ1) is 10.6. The van der Waals surface area contributed by atoms with E-state index in [0.717, 1.165) is 13.0 Å². The van der Waals surface area contributed by atoms with Crippen LogP contribution >= 0.6 is 0 Å². The topological polar surface area (TPSA) is 31.0 Å². The van der Waals surface area contributed by atoms with Gasteiger partial charge in [0.15, 0.2) is 8.32 Å². The number of benzene rings is 1. The summed E-state index contributed by atoms with van der Waals surface area (Å²) >= 11 is 0. The van der Waals surface area contributed by atoms with Gasteiger partial charge in [0, 0.05) is 13.0 Å². The molecule has 1 aromatic carbocycles. The van der Waals surface area contributed by atoms with E-state index in [1.165, 1.54) is 5.56 Å². The number of ether oxygens (including phenoxy) is 2. The molecule has 0 spiro atoms. The van der Waals surface area contributed by atoms with E-state index in [9.17, 15) is 0 Å². The van der Waals surface area contributed by atoms with Crippen molar-refractivity contribution in [3.05, 3.63) is 35.9 Å². The molecule has 0 unspecified atom stereocenters. The molecule has 1 aliphatic heterocycles. The smallest absolute Gasteiger partial charge is 0.192 e. The minimum absolute atomic E-state index is 0.0704. The van der Waals surface area contributed by atoms with Crippen LogP contribution in [0.3, 0.4) is 0 Å². The van der Waals surface area contributed by atoms with E-state index < -0.39 is 8.32 Å². The zero-order valence-electron chi connectivity index (χ0n) is 15.5. The summed E-state index contributed by atoms with van der Waals surface area (Å²) < 4.78 is 17.9. The average molecular weight is 337 g/mol. The molecule has 2 atom stereocenters. The molecule has 0 bridgehead atoms. The van der Waals surface area contributed by atoms with Gasteiger partial charge in [0.05, 0.1) is 18.8 Å². The van der Waals surface area contributed by atoms with Crippen molar-refractivity contribution in [3.8, 4) is 0 Å². The fourth-order valence-corrected chi connectivity index (χ4v) is 3.26. The third-order valence-corrected chi connectivity index (χ3v) is 9.79. The van der Waals surface area contributed by atoms with Crippen LogP contribution in [0.5, 0.6) is 0 Å². The quantitative estimate of drug-likeness (QED) is 0.389. The van der Waals surface area contributed by atoms with Crippen LogP contribution in [0.1, 0.15) is 39.7 Å². The summed E-state index contributed by atoms with van der Waals surface area (Å²) in [6.07, 6.45) is 1.14. The first-order valence-corrected chi connectivity index (χ1v) is 11.5. The molecule has 3 nitrogen and oxygen atoms in total. The highest BCUT2D eigenvalue weighted by Crippen LogP contribution is 2.42. The largest absolute Gasteiger partial charge is 0.414 e. The maximum Gasteiger partial charge on any atom is 0.192 e. The van der Waals surface area contributed by atoms with E-state index in [1.807, 2.05) is 18.2 Å². The predicted molar refractivity (Wildman–Crippen MR) is 97.1 cm³/mol. The maximum atomic E-state index is 6.26. The Balaban J connectivity index is 1.66. The van der Waals surface area contributed by atoms with Gasteiger partial charge in [0.1, 0.15) is 6.10 Å². The van der Waals surface area contributed by atoms with E-state index in [0.29, 0.717) is 13.2 Å². The van der Waals surface area contributed by atoms with Gasteiger partial charge in [0.25, 0.3) is 0 Å². The molecule has 0 aromatic heterocycles. The summed E-state index contributed by atoms with van der Waals surface area (Å²) in [4.78, 5) is 0. The van der Waals surface area contributed by atoms with Crippen molar-refractivity contribution >= 4 is 8.32 Å². The molecule has 130 valence electrons. The Bertz CT molecular complexity index is 495. The molecule has 4 heteroatoms. The molecule has 0 radical (unpaired) electrons. The third kappa shape index (κ3) is 5.15. The van der Waals surface area contributed by atoms with Crippen LogP contribution in [-0.2, 0) is 20.5 Å². The minimum Gasteiger partial charge on any atom is -0.414 e. The van der Waals surface area contributed by atoms with Crippen LogP contribution in [0, 0.1) is 0 Å². The molecule has 0 aliphatic carbocycles. The summed E-state index contributed by atoms with van der Waals surface area (Å²) in [7, 11) is -1.68. The molecular weight excluding hydrogens is 304 g/mol. The van der Waals surface area contributed by atoms with Crippen LogP contribution in [0.4, 0.5) is 0 Å². The standard InChI is InChI=1S/C19H32O3Si/c1-18(2,3)23(5,6)21-15-17-19(4,22-17)12-13-20-14-16-10-8-7-9-11-16/h7-11,17H,12-15H2,1-6H3/t17-,19-/m1/s1. The summed E-state index contributed by atoms with van der Waals surface area (Å²) in [5.74, 6) is 0. The van der Waals surface area contributed by atoms with Crippen molar-refractivity contribution in [2.45, 2.75) is 70.6 Å². The second kappa shape index (κ2) is 7.05. The summed E-state index contributed by atoms with van der Waals surface area (Å²) in [5, 5.41) is 0.247. The Morgan fingerprint density at radius 1 is 1.17 bits per heavy atom. The lowest BCUT2D eigenvalue weighted by Crippen LogP contribution is -2.42. The van der Waals surface area contributed by atoms with E-state index in [-0.39, 0.29) is 16.7 Å². The highest BCUT2D eigenvalue weighted by molar-refractivity contribution is 6.74. The van der Waals surface area contributed by atoms with E-state index in [4.69, 9.17) is 13.9 Å². The van der Waals surface area contributed by atoms with Gasteiger partial charge in [-0.3, -0.25) is 0 Å². The molecule has 23 heavy (non-hydrogen) atoms. The van der Waals surface area contributed by atoms with Crippen LogP contribution in [0.2, 0.25) is 18.1 Å². The van der Waals surface area contributed by atoms with Gasteiger partial charge >= 0.3 is 0 Å². The summed E-state index contributed by atoms with van der Waals surface area (Å²) in [6, 6.07) is 10.3. The maximum absolute atomic E-state index is 6.26. The molecule has 1 heterocycles. The van der Waals surface area contributed by atoms with Crippen molar-refractivity contribution in [1.29, 1.82) is 0 Å². The van der Waals surface area contributed by atoms with Crippen LogP contribution in [-0.4, -0.2) is 33.2 Å². The van der Waals surface area contributed by atoms with Crippen molar-refractivity contribution in [3.63, 3.8) is 0 Å². The predicted octanol–water partition coefficient (Wildman–Crippen LogP) is 4.77. The van der Waals surface area contributed by atoms with Crippen LogP contribution in [0.15, 0.2) is 30.3 Å². The fourth-order valence-electron chi connectivity index (χ4n) is 2.26. The van der Waals surface area contributed by atoms with Crippen LogP contribution in [0.25, 0.3) is 0 Å². The minimum atomic E-state index is -1.68. The number of epoxide rings is 1. The lowest BCUT2D eigenvalue weighted by Gasteiger charge is -2.36. The van der Waals surface area contributed by atoms with Gasteiger partial charge in [-0.2, -0.15) is 0 Å². The van der Waals surface area contributed by atoms with Crippen LogP contribution < -0.4 is 0 Å². The highest BCUT2D eigenvalue weighted by Gasteiger charge is 2.52. The van der Waals surface area contributed by atoms with Gasteiger partial charge in [-0.05, 0) is 30.6 Å². The zero-order chi connectivity index (χ0) is 17.1. The molecular formula is C19H32O3Si. The lowest BCUT2D eigenvalue weighted by atomic mass is 10.1. The third-order valence-electron chi connectivity index (χ3n) is 5.29. The fraction of sp³-hybridized carbons (Fsp3) is 0.684. The van der Waals surface area contributed by atoms with Crippen molar-refractivity contribution < 1.29 is 13.9 Å². The second-order valence-corrected chi connectivity index (χ2v) is 13.1. The average Bonchev–Trinajstić information content (AvgIpc) is 3.13. The monoisotopic (exact) mass is 336 g/mol. The second-order valence-electron chi connectivity index (χ2n) is 8.28. The Morgan fingerprint density at radius 2 is 1.83 bits per heavy atom. The molecule has 1 aliphatic rings. The molecule has 0 saturated carbocycles. The van der Waals surface area contributed by atoms with Gasteiger partial charge in [-0.25, -0.2) is 0 Å². The molecule has 1 aromatic rings. The summed E-state index contributed by atoms with van der Waals surface area (Å²) in [5.41, 5.74) is 1.14. The summed E-state index contributed by atoms with van der Waals surface area (Å²) in [6.45, 7) is 15.6. The Kier molecular flexibility index (Phi) is 5.72. The Labute approximate surface area is 142 Å². The molecule has 0 amide bonds. The number of rotatable bonds is 8. The zero-order valence-corrected chi connectivity index (χ0v) is 16.5. The molecule has 1 fully saturated rings.